The van der Waals surface area contributed by atoms with E-state index in [4.69, 9.17) is 11.5 Å². The van der Waals surface area contributed by atoms with E-state index in [2.05, 4.69) is 20.9 Å². The Balaban J connectivity index is 1.44. The molecule has 2 heterocycles. The van der Waals surface area contributed by atoms with E-state index in [1.54, 1.807) is 11.9 Å². The van der Waals surface area contributed by atoms with Crippen molar-refractivity contribution in [2.45, 2.75) is 127 Å². The lowest BCUT2D eigenvalue weighted by Gasteiger charge is -2.37. The lowest BCUT2D eigenvalue weighted by Crippen LogP contribution is -2.59. The molecule has 3 aliphatic rings. The van der Waals surface area contributed by atoms with Crippen LogP contribution in [0.4, 0.5) is 0 Å². The van der Waals surface area contributed by atoms with Gasteiger partial charge in [-0.05, 0) is 96.0 Å². The summed E-state index contributed by atoms with van der Waals surface area (Å²) in [6, 6.07) is 6.80. The fourth-order valence-corrected chi connectivity index (χ4v) is 7.80. The molecule has 11 heteroatoms. The van der Waals surface area contributed by atoms with Gasteiger partial charge in [-0.15, -0.1) is 0 Å². The summed E-state index contributed by atoms with van der Waals surface area (Å²) in [5.41, 5.74) is 13.2. The number of likely N-dealkylation sites (tertiary alicyclic amines) is 2. The molecule has 0 spiro atoms. The topological polar surface area (TPSA) is 163 Å². The zero-order valence-corrected chi connectivity index (χ0v) is 29.2. The highest BCUT2D eigenvalue weighted by molar-refractivity contribution is 5.96. The molecule has 2 saturated heterocycles. The predicted octanol–water partition coefficient (Wildman–Crippen LogP) is 2.26. The number of hydrogen-bond donors (Lipinski definition) is 5. The molecule has 0 bridgehead atoms. The molecule has 268 valence electrons. The molecule has 2 aliphatic heterocycles. The van der Waals surface area contributed by atoms with Crippen LogP contribution in [0.5, 0.6) is 0 Å². The van der Waals surface area contributed by atoms with Crippen LogP contribution in [-0.2, 0) is 25.6 Å². The number of nitrogens with two attached hydrogens (primary N) is 2. The molecular formula is C37H61N7O4. The van der Waals surface area contributed by atoms with Crippen LogP contribution < -0.4 is 27.4 Å². The van der Waals surface area contributed by atoms with Crippen LogP contribution in [0.1, 0.15) is 95.5 Å². The number of ketones is 1. The van der Waals surface area contributed by atoms with Crippen LogP contribution in [0, 0.1) is 5.92 Å². The minimum atomic E-state index is -0.755. The van der Waals surface area contributed by atoms with Crippen molar-refractivity contribution in [1.82, 2.24) is 25.8 Å². The van der Waals surface area contributed by atoms with E-state index in [0.29, 0.717) is 57.5 Å². The van der Waals surface area contributed by atoms with Crippen LogP contribution in [0.2, 0.25) is 0 Å². The Kier molecular flexibility index (Phi) is 15.8. The van der Waals surface area contributed by atoms with Crippen molar-refractivity contribution in [3.8, 4) is 0 Å². The minimum Gasteiger partial charge on any atom is -0.353 e. The lowest BCUT2D eigenvalue weighted by atomic mass is 9.85. The Bertz CT molecular complexity index is 1160. The lowest BCUT2D eigenvalue weighted by molar-refractivity contribution is -0.143. The van der Waals surface area contributed by atoms with Gasteiger partial charge in [0.2, 0.25) is 17.7 Å². The summed E-state index contributed by atoms with van der Waals surface area (Å²) in [7, 11) is 1.75. The first-order valence-electron chi connectivity index (χ1n) is 18.7. The van der Waals surface area contributed by atoms with Crippen LogP contribution in [0.3, 0.4) is 0 Å². The number of rotatable bonds is 18. The summed E-state index contributed by atoms with van der Waals surface area (Å²) in [4.78, 5) is 59.1. The normalized spacial score (nSPS) is 21.6. The standard InChI is InChI=1S/C37H61N7O4/c1-40-31(25-28-16-7-3-8-17-28)36(47)42-30(18-9-10-20-38)37(48)44-23-13-19-32(44)34(45)33(43-21-11-4-12-22-43)26-41-35(46)29(39)24-27-14-5-2-6-15-27/h3,7-8,16-17,27,29-33,40H,2,4-6,9-15,18-26,38-39H2,1H3,(H,41,46)(H,42,47)/t29-,30+,31+,32+,33?/m1/s1. The third kappa shape index (κ3) is 11.1. The molecule has 1 unspecified atom stereocenters. The van der Waals surface area contributed by atoms with Gasteiger partial charge in [-0.1, -0.05) is 68.9 Å². The highest BCUT2D eigenvalue weighted by Crippen LogP contribution is 2.27. The van der Waals surface area contributed by atoms with Gasteiger partial charge in [-0.3, -0.25) is 24.1 Å². The Morgan fingerprint density at radius 2 is 1.56 bits per heavy atom. The molecule has 7 N–H and O–H groups in total. The zero-order valence-electron chi connectivity index (χ0n) is 29.2. The fourth-order valence-electron chi connectivity index (χ4n) is 7.80. The van der Waals surface area contributed by atoms with E-state index in [-0.39, 0.29) is 30.0 Å². The average Bonchev–Trinajstić information content (AvgIpc) is 3.61. The summed E-state index contributed by atoms with van der Waals surface area (Å²) < 4.78 is 0. The van der Waals surface area contributed by atoms with E-state index in [9.17, 15) is 19.2 Å². The number of amides is 3. The monoisotopic (exact) mass is 667 g/mol. The number of nitrogens with zero attached hydrogens (tertiary/aromatic N) is 2. The molecule has 0 aromatic heterocycles. The molecule has 11 nitrogen and oxygen atoms in total. The van der Waals surface area contributed by atoms with Gasteiger partial charge in [0.05, 0.1) is 24.2 Å². The molecular weight excluding hydrogens is 606 g/mol. The second-order valence-electron chi connectivity index (χ2n) is 14.2. The Morgan fingerprint density at radius 1 is 0.854 bits per heavy atom. The maximum atomic E-state index is 14.4. The van der Waals surface area contributed by atoms with Crippen molar-refractivity contribution in [2.75, 3.05) is 39.8 Å². The quantitative estimate of drug-likeness (QED) is 0.149. The summed E-state index contributed by atoms with van der Waals surface area (Å²) in [5.74, 6) is -0.216. The maximum Gasteiger partial charge on any atom is 0.245 e. The van der Waals surface area contributed by atoms with Gasteiger partial charge in [-0.2, -0.15) is 0 Å². The summed E-state index contributed by atoms with van der Waals surface area (Å²) >= 11 is 0. The average molecular weight is 668 g/mol. The Hall–Kier alpha value is -2.86. The van der Waals surface area contributed by atoms with Gasteiger partial charge in [-0.25, -0.2) is 0 Å². The number of nitrogens with one attached hydrogen (secondary N) is 3. The van der Waals surface area contributed by atoms with Crippen LogP contribution in [0.15, 0.2) is 30.3 Å². The molecule has 0 radical (unpaired) electrons. The number of benzene rings is 1. The van der Waals surface area contributed by atoms with Gasteiger partial charge >= 0.3 is 0 Å². The number of hydrogen-bond acceptors (Lipinski definition) is 8. The van der Waals surface area contributed by atoms with E-state index in [0.717, 1.165) is 57.2 Å². The van der Waals surface area contributed by atoms with Gasteiger partial charge < -0.3 is 32.3 Å². The maximum absolute atomic E-state index is 14.4. The zero-order chi connectivity index (χ0) is 34.3. The molecule has 3 fully saturated rings. The van der Waals surface area contributed by atoms with E-state index >= 15 is 0 Å². The number of carbonyl (C=O) groups is 4. The minimum absolute atomic E-state index is 0.0342. The largest absolute Gasteiger partial charge is 0.353 e. The third-order valence-corrected chi connectivity index (χ3v) is 10.7. The molecule has 1 saturated carbocycles. The smallest absolute Gasteiger partial charge is 0.245 e. The molecule has 3 amide bonds. The Labute approximate surface area is 287 Å². The van der Waals surface area contributed by atoms with Crippen molar-refractivity contribution >= 4 is 23.5 Å². The SMILES string of the molecule is CN[C@@H](Cc1ccccc1)C(=O)N[C@@H](CCCCN)C(=O)N1CCC[C@H]1C(=O)C(CNC(=O)[C@H](N)CC1CCCCC1)N1CCCCC1. The van der Waals surface area contributed by atoms with Crippen LogP contribution >= 0.6 is 0 Å². The molecule has 1 aromatic carbocycles. The molecule has 48 heavy (non-hydrogen) atoms. The van der Waals surface area contributed by atoms with Gasteiger partial charge in [0.15, 0.2) is 5.78 Å². The fraction of sp³-hybridized carbons (Fsp3) is 0.730. The van der Waals surface area contributed by atoms with Crippen molar-refractivity contribution in [3.05, 3.63) is 35.9 Å². The first kappa shape index (κ1) is 38.0. The van der Waals surface area contributed by atoms with E-state index in [1.165, 1.54) is 19.3 Å². The summed E-state index contributed by atoms with van der Waals surface area (Å²) in [5, 5.41) is 9.17. The number of unbranched alkanes of at least 4 members (excludes halogenated alkanes) is 1. The van der Waals surface area contributed by atoms with Crippen molar-refractivity contribution in [3.63, 3.8) is 0 Å². The van der Waals surface area contributed by atoms with Gasteiger partial charge in [0.25, 0.3) is 0 Å². The van der Waals surface area contributed by atoms with Gasteiger partial charge in [0, 0.05) is 13.1 Å². The van der Waals surface area contributed by atoms with Gasteiger partial charge in [0.1, 0.15) is 6.04 Å². The summed E-state index contributed by atoms with van der Waals surface area (Å²) in [6.07, 6.45) is 13.3. The van der Waals surface area contributed by atoms with Crippen molar-refractivity contribution in [1.29, 1.82) is 0 Å². The number of likely N-dealkylation sites (N-methyl/N-ethyl adjacent to an activating group) is 1. The van der Waals surface area contributed by atoms with Crippen LogP contribution in [0.25, 0.3) is 0 Å². The first-order chi connectivity index (χ1) is 23.3. The summed E-state index contributed by atoms with van der Waals surface area (Å²) in [6.45, 7) is 2.72. The highest BCUT2D eigenvalue weighted by atomic mass is 16.2. The van der Waals surface area contributed by atoms with Crippen LogP contribution in [-0.4, -0.2) is 103 Å². The van der Waals surface area contributed by atoms with E-state index < -0.39 is 30.2 Å². The Morgan fingerprint density at radius 3 is 2.25 bits per heavy atom. The molecule has 1 aliphatic carbocycles. The predicted molar refractivity (Wildman–Crippen MR) is 189 cm³/mol. The van der Waals surface area contributed by atoms with E-state index in [1.807, 2.05) is 30.3 Å². The first-order valence-corrected chi connectivity index (χ1v) is 18.7. The second kappa shape index (κ2) is 20.0. The highest BCUT2D eigenvalue weighted by Gasteiger charge is 2.42. The number of piperidine rings is 1. The number of Topliss-reactive ketones (excluding diaryl/α,β-unsaturated/α-hetero) is 1. The third-order valence-electron chi connectivity index (χ3n) is 10.7. The molecule has 1 aromatic rings. The van der Waals surface area contributed by atoms with Crippen molar-refractivity contribution in [2.24, 2.45) is 17.4 Å². The second-order valence-corrected chi connectivity index (χ2v) is 14.2. The van der Waals surface area contributed by atoms with Crippen molar-refractivity contribution < 1.29 is 19.2 Å². The molecule has 4 rings (SSSR count). The number of carbonyl (C=O) groups excluding carboxylic acids is 4. The molecule has 5 atom stereocenters.